The van der Waals surface area contributed by atoms with E-state index in [9.17, 15) is 17.2 Å². The highest BCUT2D eigenvalue weighted by molar-refractivity contribution is 7.87. The smallest absolute Gasteiger partial charge is 0.279 e. The minimum absolute atomic E-state index is 0.00165. The van der Waals surface area contributed by atoms with E-state index in [-0.39, 0.29) is 24.4 Å². The van der Waals surface area contributed by atoms with Crippen molar-refractivity contribution in [3.63, 3.8) is 0 Å². The lowest BCUT2D eigenvalue weighted by Crippen LogP contribution is -2.44. The third-order valence-electron chi connectivity index (χ3n) is 6.31. The molecule has 0 aromatic carbocycles. The van der Waals surface area contributed by atoms with Crippen LogP contribution >= 0.6 is 0 Å². The molecular formula is C18H23F2N7O2S. The van der Waals surface area contributed by atoms with Crippen molar-refractivity contribution in [3.05, 3.63) is 24.3 Å². The van der Waals surface area contributed by atoms with E-state index in [0.717, 1.165) is 27.7 Å². The third-order valence-corrected chi connectivity index (χ3v) is 7.93. The molecule has 0 bridgehead atoms. The summed E-state index contributed by atoms with van der Waals surface area (Å²) in [6.07, 6.45) is 5.03. The number of nitrogens with zero attached hydrogens (tertiary/aromatic N) is 5. The molecule has 0 amide bonds. The van der Waals surface area contributed by atoms with Crippen LogP contribution in [-0.4, -0.2) is 62.3 Å². The van der Waals surface area contributed by atoms with Crippen molar-refractivity contribution < 1.29 is 17.2 Å². The molecule has 1 saturated carbocycles. The van der Waals surface area contributed by atoms with E-state index in [1.807, 2.05) is 10.5 Å². The molecule has 1 aliphatic heterocycles. The molecule has 4 heterocycles. The van der Waals surface area contributed by atoms with Gasteiger partial charge in [0.05, 0.1) is 18.3 Å². The van der Waals surface area contributed by atoms with Gasteiger partial charge in [-0.3, -0.25) is 4.40 Å². The normalized spacial score (nSPS) is 27.5. The number of halogens is 2. The summed E-state index contributed by atoms with van der Waals surface area (Å²) in [5.41, 5.74) is 2.22. The summed E-state index contributed by atoms with van der Waals surface area (Å²) in [7, 11) is -3.96. The second kappa shape index (κ2) is 6.92. The maximum Gasteiger partial charge on any atom is 0.279 e. The summed E-state index contributed by atoms with van der Waals surface area (Å²) in [5.74, 6) is -1.99. The largest absolute Gasteiger partial charge is 0.345 e. The van der Waals surface area contributed by atoms with Gasteiger partial charge in [-0.2, -0.15) is 17.4 Å². The lowest BCUT2D eigenvalue weighted by atomic mass is 9.93. The number of rotatable bonds is 5. The van der Waals surface area contributed by atoms with E-state index in [1.165, 1.54) is 0 Å². The van der Waals surface area contributed by atoms with Crippen molar-refractivity contribution in [2.45, 2.75) is 50.5 Å². The standard InChI is InChI=1S/C18H23F2N7O2S/c1-2-11-7-12(25-30(28,29)26-6-4-18(19,20)10-26)8-13(11)17-24-23-15-9-22-16-14(27(15)17)3-5-21-16/h3,5,9,11-13,21,25H,2,4,6-8,10H2,1H3/t11?,12-,13?/m0/s1. The number of H-pyrrole nitrogens is 1. The highest BCUT2D eigenvalue weighted by Gasteiger charge is 2.45. The monoisotopic (exact) mass is 439 g/mol. The Kier molecular flexibility index (Phi) is 4.56. The molecule has 162 valence electrons. The van der Waals surface area contributed by atoms with E-state index < -0.39 is 29.1 Å². The quantitative estimate of drug-likeness (QED) is 0.633. The Hall–Kier alpha value is -2.18. The molecule has 3 atom stereocenters. The van der Waals surface area contributed by atoms with E-state index >= 15 is 0 Å². The summed E-state index contributed by atoms with van der Waals surface area (Å²) in [5, 5.41) is 8.65. The van der Waals surface area contributed by atoms with Crippen LogP contribution in [0.15, 0.2) is 18.5 Å². The number of alkyl halides is 2. The summed E-state index contributed by atoms with van der Waals surface area (Å²) in [6, 6.07) is 1.57. The zero-order chi connectivity index (χ0) is 21.1. The second-order valence-electron chi connectivity index (χ2n) is 8.23. The van der Waals surface area contributed by atoms with Gasteiger partial charge in [0.1, 0.15) is 5.82 Å². The van der Waals surface area contributed by atoms with Gasteiger partial charge < -0.3 is 4.98 Å². The summed E-state index contributed by atoms with van der Waals surface area (Å²) >= 11 is 0. The lowest BCUT2D eigenvalue weighted by Gasteiger charge is -2.20. The van der Waals surface area contributed by atoms with Gasteiger partial charge in [0, 0.05) is 31.1 Å². The first-order chi connectivity index (χ1) is 14.3. The molecule has 2 fully saturated rings. The van der Waals surface area contributed by atoms with Crippen molar-refractivity contribution in [1.82, 2.24) is 33.6 Å². The third kappa shape index (κ3) is 3.26. The van der Waals surface area contributed by atoms with Crippen LogP contribution in [0.4, 0.5) is 8.78 Å². The number of aromatic nitrogens is 5. The number of hydrogen-bond donors (Lipinski definition) is 2. The predicted molar refractivity (Wildman–Crippen MR) is 105 cm³/mol. The minimum Gasteiger partial charge on any atom is -0.345 e. The molecule has 0 spiro atoms. The van der Waals surface area contributed by atoms with Gasteiger partial charge in [0.25, 0.3) is 16.1 Å². The molecule has 3 aromatic heterocycles. The maximum absolute atomic E-state index is 13.5. The first kappa shape index (κ1) is 19.8. The SMILES string of the molecule is CCC1C[C@H](NS(=O)(=O)N2CCC(F)(F)C2)CC1c1nnc2cnc3[nH]ccc3n12. The van der Waals surface area contributed by atoms with Gasteiger partial charge in [-0.05, 0) is 24.8 Å². The lowest BCUT2D eigenvalue weighted by molar-refractivity contribution is 0.0182. The Morgan fingerprint density at radius 3 is 2.90 bits per heavy atom. The summed E-state index contributed by atoms with van der Waals surface area (Å²) in [6.45, 7) is 1.14. The average Bonchev–Trinajstić information content (AvgIpc) is 3.44. The number of nitrogens with one attached hydrogen (secondary N) is 2. The van der Waals surface area contributed by atoms with Crippen LogP contribution in [0, 0.1) is 5.92 Å². The Balaban J connectivity index is 1.42. The molecule has 1 aliphatic carbocycles. The van der Waals surface area contributed by atoms with Crippen LogP contribution in [0.5, 0.6) is 0 Å². The molecule has 1 saturated heterocycles. The highest BCUT2D eigenvalue weighted by Crippen LogP contribution is 2.42. The van der Waals surface area contributed by atoms with Crippen LogP contribution in [-0.2, 0) is 10.2 Å². The molecule has 2 unspecified atom stereocenters. The predicted octanol–water partition coefficient (Wildman–Crippen LogP) is 2.05. The maximum atomic E-state index is 13.5. The first-order valence-corrected chi connectivity index (χ1v) is 11.5. The van der Waals surface area contributed by atoms with E-state index in [1.54, 1.807) is 12.4 Å². The van der Waals surface area contributed by atoms with Crippen molar-refractivity contribution in [2.24, 2.45) is 5.92 Å². The Morgan fingerprint density at radius 1 is 1.33 bits per heavy atom. The molecular weight excluding hydrogens is 416 g/mol. The Labute approximate surface area is 172 Å². The van der Waals surface area contributed by atoms with Gasteiger partial charge in [-0.15, -0.1) is 10.2 Å². The van der Waals surface area contributed by atoms with Gasteiger partial charge >= 0.3 is 0 Å². The zero-order valence-corrected chi connectivity index (χ0v) is 17.2. The van der Waals surface area contributed by atoms with Gasteiger partial charge in [0.15, 0.2) is 11.3 Å². The summed E-state index contributed by atoms with van der Waals surface area (Å²) < 4.78 is 57.8. The molecule has 9 nitrogen and oxygen atoms in total. The summed E-state index contributed by atoms with van der Waals surface area (Å²) in [4.78, 5) is 7.41. The van der Waals surface area contributed by atoms with Crippen molar-refractivity contribution in [3.8, 4) is 0 Å². The van der Waals surface area contributed by atoms with Crippen molar-refractivity contribution >= 4 is 27.0 Å². The number of aromatic amines is 1. The molecule has 3 aromatic rings. The van der Waals surface area contributed by atoms with Crippen LogP contribution in [0.25, 0.3) is 16.8 Å². The Bertz CT molecular complexity index is 1190. The van der Waals surface area contributed by atoms with Crippen LogP contribution in [0.3, 0.4) is 0 Å². The Morgan fingerprint density at radius 2 is 2.17 bits per heavy atom. The molecule has 2 N–H and O–H groups in total. The zero-order valence-electron chi connectivity index (χ0n) is 16.4. The fraction of sp³-hybridized carbons (Fsp3) is 0.611. The minimum atomic E-state index is -3.96. The highest BCUT2D eigenvalue weighted by atomic mass is 32.2. The van der Waals surface area contributed by atoms with Crippen LogP contribution < -0.4 is 4.72 Å². The van der Waals surface area contributed by atoms with E-state index in [2.05, 4.69) is 31.8 Å². The molecule has 0 radical (unpaired) electrons. The first-order valence-electron chi connectivity index (χ1n) is 10.1. The van der Waals surface area contributed by atoms with Gasteiger partial charge in [-0.1, -0.05) is 13.3 Å². The molecule has 5 rings (SSSR count). The van der Waals surface area contributed by atoms with Crippen LogP contribution in [0.2, 0.25) is 0 Å². The molecule has 2 aliphatic rings. The van der Waals surface area contributed by atoms with Crippen LogP contribution in [0.1, 0.15) is 44.3 Å². The van der Waals surface area contributed by atoms with E-state index in [0.29, 0.717) is 18.5 Å². The van der Waals surface area contributed by atoms with Gasteiger partial charge in [0.2, 0.25) is 0 Å². The van der Waals surface area contributed by atoms with Gasteiger partial charge in [-0.25, -0.2) is 13.8 Å². The fourth-order valence-corrected chi connectivity index (χ4v) is 6.27. The van der Waals surface area contributed by atoms with E-state index in [4.69, 9.17) is 0 Å². The van der Waals surface area contributed by atoms with Crippen molar-refractivity contribution in [1.29, 1.82) is 0 Å². The topological polar surface area (TPSA) is 108 Å². The van der Waals surface area contributed by atoms with Crippen molar-refractivity contribution in [2.75, 3.05) is 13.1 Å². The number of fused-ring (bicyclic) bond motifs is 3. The number of hydrogen-bond acceptors (Lipinski definition) is 5. The molecule has 12 heteroatoms. The molecule has 30 heavy (non-hydrogen) atoms. The average molecular weight is 439 g/mol. The second-order valence-corrected chi connectivity index (χ2v) is 9.93. The fourth-order valence-electron chi connectivity index (χ4n) is 4.82.